The van der Waals surface area contributed by atoms with Crippen LogP contribution >= 0.6 is 11.3 Å². The van der Waals surface area contributed by atoms with Crippen molar-refractivity contribution in [1.29, 1.82) is 0 Å². The molecule has 5 aliphatic rings. The number of hydrogen-bond acceptors (Lipinski definition) is 7. The minimum Gasteiger partial charge on any atom is -0.393 e. The van der Waals surface area contributed by atoms with E-state index in [4.69, 9.17) is 4.74 Å². The third-order valence-corrected chi connectivity index (χ3v) is 13.1. The van der Waals surface area contributed by atoms with Crippen LogP contribution in [0.25, 0.3) is 0 Å². The summed E-state index contributed by atoms with van der Waals surface area (Å²) in [5.74, 6) is 3.08. The van der Waals surface area contributed by atoms with E-state index in [2.05, 4.69) is 36.3 Å². The number of nitrogens with one attached hydrogen (secondary N) is 1. The van der Waals surface area contributed by atoms with Crippen LogP contribution in [0.3, 0.4) is 0 Å². The number of anilines is 1. The van der Waals surface area contributed by atoms with Crippen LogP contribution in [0.4, 0.5) is 5.13 Å². The molecule has 1 amide bonds. The number of amides is 1. The Morgan fingerprint density at radius 3 is 2.66 bits per heavy atom. The van der Waals surface area contributed by atoms with E-state index in [-0.39, 0.29) is 35.0 Å². The molecule has 1 saturated heterocycles. The summed E-state index contributed by atoms with van der Waals surface area (Å²) in [6, 6.07) is 0. The smallest absolute Gasteiger partial charge is 0.226 e. The van der Waals surface area contributed by atoms with E-state index in [0.717, 1.165) is 56.6 Å². The average molecular weight is 546 g/mol. The van der Waals surface area contributed by atoms with Gasteiger partial charge in [-0.2, -0.15) is 0 Å². The fraction of sp³-hybridized carbons (Fsp3) is 0.900. The highest BCUT2D eigenvalue weighted by Gasteiger charge is 2.62. The van der Waals surface area contributed by atoms with Crippen LogP contribution in [0.15, 0.2) is 0 Å². The van der Waals surface area contributed by atoms with Gasteiger partial charge >= 0.3 is 0 Å². The molecule has 2 heterocycles. The number of fused-ring (bicyclic) bond motifs is 5. The second kappa shape index (κ2) is 10.4. The van der Waals surface area contributed by atoms with Gasteiger partial charge in [0.1, 0.15) is 11.1 Å². The zero-order valence-corrected chi connectivity index (χ0v) is 24.2. The molecule has 1 aliphatic heterocycles. The molecule has 1 aromatic rings. The van der Waals surface area contributed by atoms with E-state index in [1.807, 2.05) is 0 Å². The SMILES string of the molecule is C[C@H](CCC(=O)Nc1nnc([C@@H]2CCCO2)s1)[C@H]1CC[C@H]2[C@@H]3[C@@H](O)C[C@@H]4C[C@H](O)CC[C@]4(C)[C@H]3CC[C@]12C. The lowest BCUT2D eigenvalue weighted by molar-refractivity contribution is -0.174. The number of carbonyl (C=O) groups is 1. The number of aliphatic hydroxyl groups excluding tert-OH is 2. The second-order valence-corrected chi connectivity index (χ2v) is 15.0. The average Bonchev–Trinajstić information content (AvgIpc) is 3.63. The van der Waals surface area contributed by atoms with E-state index in [0.29, 0.717) is 47.1 Å². The van der Waals surface area contributed by atoms with E-state index in [1.54, 1.807) is 0 Å². The van der Waals surface area contributed by atoms with Crippen molar-refractivity contribution in [3.8, 4) is 0 Å². The minimum atomic E-state index is -0.237. The third kappa shape index (κ3) is 4.65. The molecule has 0 unspecified atom stereocenters. The molecule has 4 aliphatic carbocycles. The van der Waals surface area contributed by atoms with E-state index in [1.165, 1.54) is 37.0 Å². The van der Waals surface area contributed by atoms with Gasteiger partial charge in [0.05, 0.1) is 12.2 Å². The molecule has 1 aromatic heterocycles. The Morgan fingerprint density at radius 2 is 1.87 bits per heavy atom. The Hall–Kier alpha value is -1.09. The van der Waals surface area contributed by atoms with Crippen LogP contribution in [0.1, 0.15) is 109 Å². The Bertz CT molecular complexity index is 1010. The molecule has 7 nitrogen and oxygen atoms in total. The number of ether oxygens (including phenoxy) is 1. The van der Waals surface area contributed by atoms with Crippen molar-refractivity contribution in [2.45, 2.75) is 116 Å². The summed E-state index contributed by atoms with van der Waals surface area (Å²) in [4.78, 5) is 12.8. The van der Waals surface area contributed by atoms with Crippen molar-refractivity contribution < 1.29 is 19.7 Å². The number of carbonyl (C=O) groups excluding carboxylic acids is 1. The molecule has 8 heteroatoms. The predicted octanol–water partition coefficient (Wildman–Crippen LogP) is 5.74. The van der Waals surface area contributed by atoms with Gasteiger partial charge in [-0.3, -0.25) is 4.79 Å². The predicted molar refractivity (Wildman–Crippen MR) is 147 cm³/mol. The van der Waals surface area contributed by atoms with Gasteiger partial charge in [0, 0.05) is 13.0 Å². The molecule has 4 saturated carbocycles. The molecular formula is C30H47N3O4S. The van der Waals surface area contributed by atoms with Crippen molar-refractivity contribution in [3.05, 3.63) is 5.01 Å². The molecule has 38 heavy (non-hydrogen) atoms. The number of hydrogen-bond donors (Lipinski definition) is 3. The highest BCUT2D eigenvalue weighted by atomic mass is 32.1. The molecule has 0 radical (unpaired) electrons. The lowest BCUT2D eigenvalue weighted by atomic mass is 9.43. The van der Waals surface area contributed by atoms with Crippen LogP contribution in [0.5, 0.6) is 0 Å². The van der Waals surface area contributed by atoms with Gasteiger partial charge in [-0.1, -0.05) is 32.1 Å². The highest BCUT2D eigenvalue weighted by Crippen LogP contribution is 2.68. The van der Waals surface area contributed by atoms with Crippen molar-refractivity contribution in [1.82, 2.24) is 10.2 Å². The molecule has 0 aromatic carbocycles. The summed E-state index contributed by atoms with van der Waals surface area (Å²) < 4.78 is 5.69. The molecule has 3 N–H and O–H groups in total. The molecule has 212 valence electrons. The van der Waals surface area contributed by atoms with E-state index < -0.39 is 0 Å². The molecule has 5 fully saturated rings. The second-order valence-electron chi connectivity index (χ2n) is 14.0. The largest absolute Gasteiger partial charge is 0.393 e. The summed E-state index contributed by atoms with van der Waals surface area (Å²) in [5.41, 5.74) is 0.505. The summed E-state index contributed by atoms with van der Waals surface area (Å²) in [5, 5.41) is 34.6. The van der Waals surface area contributed by atoms with Gasteiger partial charge < -0.3 is 20.3 Å². The Labute approximate surface area is 231 Å². The van der Waals surface area contributed by atoms with Crippen molar-refractivity contribution in [2.24, 2.45) is 46.3 Å². The van der Waals surface area contributed by atoms with Crippen LogP contribution in [-0.2, 0) is 9.53 Å². The number of aromatic nitrogens is 2. The zero-order chi connectivity index (χ0) is 26.7. The topological polar surface area (TPSA) is 105 Å². The molecule has 6 rings (SSSR count). The first-order valence-corrected chi connectivity index (χ1v) is 16.1. The molecule has 0 bridgehead atoms. The third-order valence-electron chi connectivity index (χ3n) is 12.1. The van der Waals surface area contributed by atoms with Gasteiger partial charge in [-0.25, -0.2) is 0 Å². The fourth-order valence-electron chi connectivity index (χ4n) is 10.1. The van der Waals surface area contributed by atoms with Gasteiger partial charge in [0.25, 0.3) is 0 Å². The summed E-state index contributed by atoms with van der Waals surface area (Å²) >= 11 is 1.43. The maximum atomic E-state index is 12.8. The summed E-state index contributed by atoms with van der Waals surface area (Å²) in [6.07, 6.45) is 11.6. The number of nitrogens with zero attached hydrogens (tertiary/aromatic N) is 2. The standard InChI is InChI=1S/C30H47N3O4S/c1-17(6-9-25(36)31-28-33-32-27(38-28)24-5-4-14-37-24)20-7-8-21-26-22(11-13-30(20,21)3)29(2)12-10-19(34)15-18(29)16-23(26)35/h17-24,26,34-35H,4-16H2,1-3H3,(H,31,33,36)/t17-,18+,19-,20-,21+,22+,23+,24+,26+,29+,30-/m1/s1. The maximum Gasteiger partial charge on any atom is 0.226 e. The van der Waals surface area contributed by atoms with E-state index in [9.17, 15) is 15.0 Å². The lowest BCUT2D eigenvalue weighted by Crippen LogP contribution is -2.58. The molecular weight excluding hydrogens is 498 g/mol. The first kappa shape index (κ1) is 27.1. The normalized spacial score (nSPS) is 45.2. The maximum absolute atomic E-state index is 12.8. The highest BCUT2D eigenvalue weighted by molar-refractivity contribution is 7.15. The Kier molecular flexibility index (Phi) is 7.41. The molecule has 0 spiro atoms. The van der Waals surface area contributed by atoms with Crippen molar-refractivity contribution >= 4 is 22.4 Å². The lowest BCUT2D eigenvalue weighted by Gasteiger charge is -2.62. The van der Waals surface area contributed by atoms with Gasteiger partial charge in [0.2, 0.25) is 11.0 Å². The fourth-order valence-corrected chi connectivity index (χ4v) is 10.9. The Morgan fingerprint density at radius 1 is 1.08 bits per heavy atom. The van der Waals surface area contributed by atoms with Gasteiger partial charge in [0.15, 0.2) is 0 Å². The van der Waals surface area contributed by atoms with E-state index >= 15 is 0 Å². The van der Waals surface area contributed by atoms with Crippen LogP contribution in [0.2, 0.25) is 0 Å². The van der Waals surface area contributed by atoms with Crippen LogP contribution < -0.4 is 5.32 Å². The van der Waals surface area contributed by atoms with Crippen LogP contribution in [-0.4, -0.2) is 45.1 Å². The monoisotopic (exact) mass is 545 g/mol. The van der Waals surface area contributed by atoms with Crippen molar-refractivity contribution in [2.75, 3.05) is 11.9 Å². The zero-order valence-electron chi connectivity index (χ0n) is 23.4. The summed E-state index contributed by atoms with van der Waals surface area (Å²) in [7, 11) is 0. The minimum absolute atomic E-state index is 0.0245. The number of rotatable bonds is 6. The summed E-state index contributed by atoms with van der Waals surface area (Å²) in [6.45, 7) is 8.09. The Balaban J connectivity index is 1.07. The molecule has 11 atom stereocenters. The van der Waals surface area contributed by atoms with Gasteiger partial charge in [-0.05, 0) is 117 Å². The number of aliphatic hydroxyl groups is 2. The quantitative estimate of drug-likeness (QED) is 0.421. The van der Waals surface area contributed by atoms with Crippen molar-refractivity contribution in [3.63, 3.8) is 0 Å². The van der Waals surface area contributed by atoms with Crippen LogP contribution in [0, 0.1) is 46.3 Å². The van der Waals surface area contributed by atoms with Gasteiger partial charge in [-0.15, -0.1) is 10.2 Å². The first-order valence-electron chi connectivity index (χ1n) is 15.3. The first-order chi connectivity index (χ1) is 18.2.